The first-order valence-corrected chi connectivity index (χ1v) is 9.00. The maximum atomic E-state index is 12.9. The molecule has 0 fully saturated rings. The highest BCUT2D eigenvalue weighted by molar-refractivity contribution is 5.92. The van der Waals surface area contributed by atoms with E-state index in [9.17, 15) is 9.59 Å². The Morgan fingerprint density at radius 2 is 1.88 bits per heavy atom. The summed E-state index contributed by atoms with van der Waals surface area (Å²) in [6, 6.07) is 5.88. The van der Waals surface area contributed by atoms with Gasteiger partial charge >= 0.3 is 0 Å². The highest BCUT2D eigenvalue weighted by Crippen LogP contribution is 2.23. The van der Waals surface area contributed by atoms with E-state index >= 15 is 0 Å². The van der Waals surface area contributed by atoms with Crippen molar-refractivity contribution in [1.82, 2.24) is 14.2 Å². The maximum absolute atomic E-state index is 12.9. The third-order valence-corrected chi connectivity index (χ3v) is 5.09. The molecular formula is C20H22N4O2. The SMILES string of the molecule is Cc1cccc(C)c1NC(=O)Cn1ccn2nc3c(c2c1=O)CCCC3. The lowest BCUT2D eigenvalue weighted by Crippen LogP contribution is -2.29. The van der Waals surface area contributed by atoms with Crippen LogP contribution in [0.1, 0.15) is 35.2 Å². The molecule has 0 aliphatic heterocycles. The Bertz CT molecular complexity index is 1040. The fourth-order valence-electron chi connectivity index (χ4n) is 3.73. The van der Waals surface area contributed by atoms with Crippen LogP contribution < -0.4 is 10.9 Å². The Morgan fingerprint density at radius 1 is 1.15 bits per heavy atom. The van der Waals surface area contributed by atoms with Crippen molar-refractivity contribution in [2.75, 3.05) is 5.32 Å². The molecule has 1 aliphatic carbocycles. The molecule has 1 N–H and O–H groups in total. The third kappa shape index (κ3) is 2.81. The average molecular weight is 350 g/mol. The number of para-hydroxylation sites is 1. The molecule has 6 nitrogen and oxygen atoms in total. The fraction of sp³-hybridized carbons (Fsp3) is 0.350. The van der Waals surface area contributed by atoms with E-state index in [2.05, 4.69) is 10.4 Å². The molecule has 0 bridgehead atoms. The molecule has 0 atom stereocenters. The van der Waals surface area contributed by atoms with Crippen molar-refractivity contribution in [2.45, 2.75) is 46.1 Å². The molecule has 26 heavy (non-hydrogen) atoms. The molecule has 0 saturated carbocycles. The van der Waals surface area contributed by atoms with Gasteiger partial charge in [-0.15, -0.1) is 0 Å². The summed E-state index contributed by atoms with van der Waals surface area (Å²) in [6.07, 6.45) is 7.40. The van der Waals surface area contributed by atoms with Gasteiger partial charge in [0.25, 0.3) is 5.56 Å². The van der Waals surface area contributed by atoms with Gasteiger partial charge in [-0.3, -0.25) is 9.59 Å². The summed E-state index contributed by atoms with van der Waals surface area (Å²) in [5.74, 6) is -0.206. The van der Waals surface area contributed by atoms with E-state index in [-0.39, 0.29) is 18.0 Å². The van der Waals surface area contributed by atoms with Crippen LogP contribution >= 0.6 is 0 Å². The molecule has 6 heteroatoms. The van der Waals surface area contributed by atoms with Gasteiger partial charge in [0.15, 0.2) is 0 Å². The van der Waals surface area contributed by atoms with Crippen molar-refractivity contribution in [3.05, 3.63) is 63.3 Å². The summed E-state index contributed by atoms with van der Waals surface area (Å²) in [6.45, 7) is 3.90. The first kappa shape index (κ1) is 16.6. The number of amides is 1. The molecule has 1 aliphatic rings. The molecule has 4 rings (SSSR count). The van der Waals surface area contributed by atoms with Gasteiger partial charge in [-0.25, -0.2) is 4.52 Å². The number of fused-ring (bicyclic) bond motifs is 3. The number of aromatic nitrogens is 3. The van der Waals surface area contributed by atoms with Gasteiger partial charge in [0.1, 0.15) is 12.1 Å². The average Bonchev–Trinajstić information content (AvgIpc) is 3.00. The largest absolute Gasteiger partial charge is 0.324 e. The molecule has 0 unspecified atom stereocenters. The maximum Gasteiger partial charge on any atom is 0.277 e. The number of aryl methyl sites for hydroxylation is 4. The molecule has 0 radical (unpaired) electrons. The van der Waals surface area contributed by atoms with E-state index in [4.69, 9.17) is 0 Å². The van der Waals surface area contributed by atoms with Gasteiger partial charge < -0.3 is 9.88 Å². The number of hydrogen-bond donors (Lipinski definition) is 1. The number of rotatable bonds is 3. The summed E-state index contributed by atoms with van der Waals surface area (Å²) in [5.41, 5.74) is 5.35. The summed E-state index contributed by atoms with van der Waals surface area (Å²) < 4.78 is 3.13. The molecule has 3 aromatic rings. The Balaban J connectivity index is 1.64. The molecule has 2 aromatic heterocycles. The number of carbonyl (C=O) groups excluding carboxylic acids is 1. The van der Waals surface area contributed by atoms with Crippen molar-refractivity contribution in [1.29, 1.82) is 0 Å². The van der Waals surface area contributed by atoms with Crippen LogP contribution in [0.2, 0.25) is 0 Å². The second-order valence-electron chi connectivity index (χ2n) is 6.97. The van der Waals surface area contributed by atoms with Crippen LogP contribution in [0.25, 0.3) is 5.52 Å². The molecule has 0 saturated heterocycles. The van der Waals surface area contributed by atoms with Gasteiger partial charge in [0, 0.05) is 23.6 Å². The second-order valence-corrected chi connectivity index (χ2v) is 6.97. The van der Waals surface area contributed by atoms with E-state index < -0.39 is 0 Å². The zero-order valence-corrected chi connectivity index (χ0v) is 15.1. The van der Waals surface area contributed by atoms with Crippen molar-refractivity contribution in [3.63, 3.8) is 0 Å². The van der Waals surface area contributed by atoms with E-state index in [0.29, 0.717) is 5.52 Å². The van der Waals surface area contributed by atoms with Crippen LogP contribution in [0.15, 0.2) is 35.4 Å². The normalized spacial score (nSPS) is 13.6. The van der Waals surface area contributed by atoms with Crippen molar-refractivity contribution >= 4 is 17.1 Å². The number of nitrogens with zero attached hydrogens (tertiary/aromatic N) is 3. The van der Waals surface area contributed by atoms with Gasteiger partial charge in [0.2, 0.25) is 5.91 Å². The Labute approximate surface area is 151 Å². The van der Waals surface area contributed by atoms with Gasteiger partial charge in [-0.1, -0.05) is 18.2 Å². The van der Waals surface area contributed by atoms with Crippen LogP contribution in [0.5, 0.6) is 0 Å². The smallest absolute Gasteiger partial charge is 0.277 e. The van der Waals surface area contributed by atoms with Gasteiger partial charge in [-0.2, -0.15) is 5.10 Å². The fourth-order valence-corrected chi connectivity index (χ4v) is 3.73. The summed E-state index contributed by atoms with van der Waals surface area (Å²) in [5, 5.41) is 7.47. The van der Waals surface area contributed by atoms with Crippen LogP contribution in [-0.4, -0.2) is 20.1 Å². The van der Waals surface area contributed by atoms with Gasteiger partial charge in [-0.05, 0) is 50.7 Å². The molecule has 2 heterocycles. The second kappa shape index (κ2) is 6.44. The van der Waals surface area contributed by atoms with E-state index in [1.54, 1.807) is 16.9 Å². The standard InChI is InChI=1S/C20H22N4O2/c1-13-6-5-7-14(2)18(13)21-17(25)12-23-10-11-24-19(20(23)26)15-8-3-4-9-16(15)22-24/h5-7,10-11H,3-4,8-9,12H2,1-2H3,(H,21,25). The van der Waals surface area contributed by atoms with E-state index in [0.717, 1.165) is 53.8 Å². The molecular weight excluding hydrogens is 328 g/mol. The number of hydrogen-bond acceptors (Lipinski definition) is 3. The van der Waals surface area contributed by atoms with Crippen LogP contribution in [-0.2, 0) is 24.2 Å². The van der Waals surface area contributed by atoms with Crippen molar-refractivity contribution in [3.8, 4) is 0 Å². The number of carbonyl (C=O) groups is 1. The number of nitrogens with one attached hydrogen (secondary N) is 1. The Hall–Kier alpha value is -2.89. The van der Waals surface area contributed by atoms with Crippen molar-refractivity contribution in [2.24, 2.45) is 0 Å². The predicted molar refractivity (Wildman–Crippen MR) is 101 cm³/mol. The van der Waals surface area contributed by atoms with E-state index in [1.165, 1.54) is 4.57 Å². The van der Waals surface area contributed by atoms with Crippen LogP contribution in [0.3, 0.4) is 0 Å². The first-order valence-electron chi connectivity index (χ1n) is 9.00. The van der Waals surface area contributed by atoms with Crippen LogP contribution in [0.4, 0.5) is 5.69 Å². The monoisotopic (exact) mass is 350 g/mol. The lowest BCUT2D eigenvalue weighted by atomic mass is 9.97. The highest BCUT2D eigenvalue weighted by atomic mass is 16.2. The van der Waals surface area contributed by atoms with Gasteiger partial charge in [0.05, 0.1) is 5.69 Å². The van der Waals surface area contributed by atoms with Crippen LogP contribution in [0, 0.1) is 13.8 Å². The lowest BCUT2D eigenvalue weighted by molar-refractivity contribution is -0.116. The summed E-state index contributed by atoms with van der Waals surface area (Å²) >= 11 is 0. The molecule has 0 spiro atoms. The zero-order chi connectivity index (χ0) is 18.3. The minimum absolute atomic E-state index is 0.0109. The minimum atomic E-state index is -0.206. The Kier molecular flexibility index (Phi) is 4.11. The highest BCUT2D eigenvalue weighted by Gasteiger charge is 2.20. The molecule has 1 aromatic carbocycles. The summed E-state index contributed by atoms with van der Waals surface area (Å²) in [7, 11) is 0. The lowest BCUT2D eigenvalue weighted by Gasteiger charge is -2.12. The third-order valence-electron chi connectivity index (χ3n) is 5.09. The summed E-state index contributed by atoms with van der Waals surface area (Å²) in [4.78, 5) is 25.4. The molecule has 134 valence electrons. The topological polar surface area (TPSA) is 68.4 Å². The number of anilines is 1. The predicted octanol–water partition coefficient (Wildman–Crippen LogP) is 2.63. The minimum Gasteiger partial charge on any atom is -0.324 e. The molecule has 1 amide bonds. The Morgan fingerprint density at radius 3 is 2.65 bits per heavy atom. The van der Waals surface area contributed by atoms with E-state index in [1.807, 2.05) is 32.0 Å². The van der Waals surface area contributed by atoms with Crippen molar-refractivity contribution < 1.29 is 4.79 Å². The first-order chi connectivity index (χ1) is 12.5. The zero-order valence-electron chi connectivity index (χ0n) is 15.1. The quantitative estimate of drug-likeness (QED) is 0.789. The number of benzene rings is 1.